The van der Waals surface area contributed by atoms with Crippen LogP contribution in [0.15, 0.2) is 53.4 Å². The molecule has 2 N–H and O–H groups in total. The molecule has 2 aromatic carbocycles. The molecule has 1 fully saturated rings. The molecule has 1 amide bonds. The number of alkyl halides is 4. The Labute approximate surface area is 208 Å². The Kier molecular flexibility index (Phi) is 7.59. The van der Waals surface area contributed by atoms with Crippen LogP contribution in [-0.4, -0.2) is 44.0 Å². The Morgan fingerprint density at radius 1 is 1.03 bits per heavy atom. The average molecular weight is 525 g/mol. The fourth-order valence-electron chi connectivity index (χ4n) is 3.81. The van der Waals surface area contributed by atoms with Crippen LogP contribution in [-0.2, 0) is 14.6 Å². The van der Waals surface area contributed by atoms with Crippen molar-refractivity contribution in [3.8, 4) is 23.5 Å². The molecule has 0 bridgehead atoms. The minimum Gasteiger partial charge on any atom is -0.338 e. The number of terminal acetylenes is 1. The van der Waals surface area contributed by atoms with E-state index in [0.29, 0.717) is 24.0 Å². The number of amides is 1. The molecular formula is C26H28F4N2O3S. The fraction of sp³-hybridized carbons (Fsp3) is 0.423. The summed E-state index contributed by atoms with van der Waals surface area (Å²) in [6.45, 7) is 2.38. The first-order valence-corrected chi connectivity index (χ1v) is 13.1. The lowest BCUT2D eigenvalue weighted by atomic mass is 9.96. The molecule has 36 heavy (non-hydrogen) atoms. The molecule has 1 aliphatic carbocycles. The molecule has 5 nitrogen and oxygen atoms in total. The first-order valence-electron chi connectivity index (χ1n) is 11.2. The van der Waals surface area contributed by atoms with Gasteiger partial charge in [0.1, 0.15) is 17.2 Å². The molecule has 0 saturated heterocycles. The maximum atomic E-state index is 14.4. The molecule has 0 heterocycles. The van der Waals surface area contributed by atoms with Gasteiger partial charge in [-0.3, -0.25) is 10.1 Å². The third-order valence-corrected chi connectivity index (χ3v) is 7.08. The Hall–Kier alpha value is -2.90. The van der Waals surface area contributed by atoms with Crippen molar-refractivity contribution in [1.29, 1.82) is 0 Å². The molecule has 2 atom stereocenters. The monoisotopic (exact) mass is 524 g/mol. The second kappa shape index (κ2) is 9.87. The Bertz CT molecular complexity index is 1240. The molecular weight excluding hydrogens is 496 g/mol. The molecule has 1 unspecified atom stereocenters. The number of benzene rings is 2. The van der Waals surface area contributed by atoms with Gasteiger partial charge in [-0.2, -0.15) is 13.2 Å². The van der Waals surface area contributed by atoms with Gasteiger partial charge in [0.15, 0.2) is 9.84 Å². The summed E-state index contributed by atoms with van der Waals surface area (Å²) in [5, 5.41) is 4.89. The van der Waals surface area contributed by atoms with E-state index in [1.54, 1.807) is 12.1 Å². The zero-order valence-electron chi connectivity index (χ0n) is 20.1. The van der Waals surface area contributed by atoms with Crippen LogP contribution in [0.2, 0.25) is 0 Å². The van der Waals surface area contributed by atoms with E-state index in [2.05, 4.69) is 16.6 Å². The summed E-state index contributed by atoms with van der Waals surface area (Å²) in [4.78, 5) is 12.9. The zero-order valence-corrected chi connectivity index (χ0v) is 20.9. The molecule has 1 saturated carbocycles. The summed E-state index contributed by atoms with van der Waals surface area (Å²) >= 11 is 0. The van der Waals surface area contributed by atoms with Gasteiger partial charge >= 0.3 is 6.18 Å². The van der Waals surface area contributed by atoms with E-state index < -0.39 is 51.6 Å². The predicted molar refractivity (Wildman–Crippen MR) is 129 cm³/mol. The predicted octanol–water partition coefficient (Wildman–Crippen LogP) is 4.74. The van der Waals surface area contributed by atoms with Gasteiger partial charge in [0, 0.05) is 12.7 Å². The van der Waals surface area contributed by atoms with Crippen LogP contribution in [0.25, 0.3) is 11.1 Å². The Morgan fingerprint density at radius 2 is 1.53 bits per heavy atom. The van der Waals surface area contributed by atoms with E-state index in [1.807, 2.05) is 0 Å². The SMILES string of the molecule is C#CC1(NC(=O)C(CC(C)(C)F)N[C@@H](c2ccc(-c3ccc(S(C)(=O)=O)cc3)cc2)C(F)(F)F)CC1. The third kappa shape index (κ3) is 7.08. The van der Waals surface area contributed by atoms with E-state index in [4.69, 9.17) is 6.42 Å². The number of hydrogen-bond acceptors (Lipinski definition) is 4. The Morgan fingerprint density at radius 3 is 1.92 bits per heavy atom. The van der Waals surface area contributed by atoms with Crippen LogP contribution >= 0.6 is 0 Å². The van der Waals surface area contributed by atoms with Crippen molar-refractivity contribution in [3.05, 3.63) is 54.1 Å². The largest absolute Gasteiger partial charge is 0.407 e. The lowest BCUT2D eigenvalue weighted by Crippen LogP contribution is -2.53. The average Bonchev–Trinajstić information content (AvgIpc) is 3.54. The number of carbonyl (C=O) groups excluding carboxylic acids is 1. The van der Waals surface area contributed by atoms with Crippen molar-refractivity contribution in [2.45, 2.75) is 67.5 Å². The van der Waals surface area contributed by atoms with Crippen molar-refractivity contribution < 1.29 is 30.8 Å². The van der Waals surface area contributed by atoms with Crippen molar-refractivity contribution in [3.63, 3.8) is 0 Å². The summed E-state index contributed by atoms with van der Waals surface area (Å²) in [5.74, 6) is 1.66. The van der Waals surface area contributed by atoms with Gasteiger partial charge < -0.3 is 5.32 Å². The van der Waals surface area contributed by atoms with Crippen molar-refractivity contribution in [2.75, 3.05) is 6.26 Å². The number of halogens is 4. The fourth-order valence-corrected chi connectivity index (χ4v) is 4.44. The number of rotatable bonds is 9. The molecule has 10 heteroatoms. The maximum Gasteiger partial charge on any atom is 0.407 e. The van der Waals surface area contributed by atoms with Crippen LogP contribution in [0.1, 0.15) is 44.7 Å². The summed E-state index contributed by atoms with van der Waals surface area (Å²) in [7, 11) is -3.38. The zero-order chi connectivity index (χ0) is 26.9. The van der Waals surface area contributed by atoms with E-state index in [0.717, 1.165) is 6.26 Å². The summed E-state index contributed by atoms with van der Waals surface area (Å²) < 4.78 is 80.0. The quantitative estimate of drug-likeness (QED) is 0.367. The highest BCUT2D eigenvalue weighted by atomic mass is 32.2. The minimum atomic E-state index is -4.78. The van der Waals surface area contributed by atoms with E-state index >= 15 is 0 Å². The topological polar surface area (TPSA) is 75.3 Å². The maximum absolute atomic E-state index is 14.4. The van der Waals surface area contributed by atoms with Gasteiger partial charge in [0.05, 0.1) is 10.9 Å². The molecule has 1 aliphatic rings. The molecule has 2 aromatic rings. The Balaban J connectivity index is 1.86. The standard InChI is InChI=1S/C26H28F4N2O3S/c1-5-25(14-15-25)32-23(33)21(16-24(2,3)27)31-22(26(28,29)30)19-8-6-17(7-9-19)18-10-12-20(13-11-18)36(4,34)35/h1,6-13,21-22,31H,14-16H2,2-4H3,(H,32,33)/t21?,22-/m0/s1. The molecule has 0 spiro atoms. The molecule has 0 aliphatic heterocycles. The van der Waals surface area contributed by atoms with Gasteiger partial charge in [-0.05, 0) is 55.5 Å². The number of nitrogens with one attached hydrogen (secondary N) is 2. The van der Waals surface area contributed by atoms with Crippen LogP contribution in [0.5, 0.6) is 0 Å². The highest BCUT2D eigenvalue weighted by molar-refractivity contribution is 7.90. The molecule has 194 valence electrons. The lowest BCUT2D eigenvalue weighted by molar-refractivity contribution is -0.161. The third-order valence-electron chi connectivity index (χ3n) is 5.95. The van der Waals surface area contributed by atoms with Crippen LogP contribution in [0.4, 0.5) is 17.6 Å². The van der Waals surface area contributed by atoms with Crippen LogP contribution in [0.3, 0.4) is 0 Å². The second-order valence-corrected chi connectivity index (χ2v) is 11.8. The number of sulfone groups is 1. The van der Waals surface area contributed by atoms with Gasteiger partial charge in [-0.25, -0.2) is 12.8 Å². The smallest absolute Gasteiger partial charge is 0.338 e. The van der Waals surface area contributed by atoms with Gasteiger partial charge in [0.25, 0.3) is 0 Å². The molecule has 0 radical (unpaired) electrons. The summed E-state index contributed by atoms with van der Waals surface area (Å²) in [6.07, 6.45) is 2.26. The van der Waals surface area contributed by atoms with E-state index in [9.17, 15) is 30.8 Å². The van der Waals surface area contributed by atoms with Crippen molar-refractivity contribution in [1.82, 2.24) is 10.6 Å². The number of carbonyl (C=O) groups is 1. The van der Waals surface area contributed by atoms with Crippen molar-refractivity contribution >= 4 is 15.7 Å². The van der Waals surface area contributed by atoms with Gasteiger partial charge in [-0.15, -0.1) is 6.42 Å². The highest BCUT2D eigenvalue weighted by Crippen LogP contribution is 2.37. The van der Waals surface area contributed by atoms with E-state index in [1.165, 1.54) is 50.2 Å². The van der Waals surface area contributed by atoms with Gasteiger partial charge in [0.2, 0.25) is 5.91 Å². The number of hydrogen-bond donors (Lipinski definition) is 2. The van der Waals surface area contributed by atoms with Crippen LogP contribution < -0.4 is 10.6 Å². The minimum absolute atomic E-state index is 0.127. The van der Waals surface area contributed by atoms with E-state index in [-0.39, 0.29) is 10.5 Å². The second-order valence-electron chi connectivity index (χ2n) is 9.75. The lowest BCUT2D eigenvalue weighted by Gasteiger charge is -2.30. The first-order chi connectivity index (χ1) is 16.5. The molecule has 0 aromatic heterocycles. The summed E-state index contributed by atoms with van der Waals surface area (Å²) in [6, 6.07) is 7.72. The summed E-state index contributed by atoms with van der Waals surface area (Å²) in [5.41, 5.74) is -1.78. The van der Waals surface area contributed by atoms with Crippen LogP contribution in [0, 0.1) is 12.3 Å². The first kappa shape index (κ1) is 27.7. The normalized spacial score (nSPS) is 17.1. The molecule has 3 rings (SSSR count). The highest BCUT2D eigenvalue weighted by Gasteiger charge is 2.47. The van der Waals surface area contributed by atoms with Gasteiger partial charge in [-0.1, -0.05) is 42.3 Å². The van der Waals surface area contributed by atoms with Crippen molar-refractivity contribution in [2.24, 2.45) is 0 Å².